The van der Waals surface area contributed by atoms with E-state index in [-0.39, 0.29) is 23.5 Å². The van der Waals surface area contributed by atoms with Crippen LogP contribution in [-0.4, -0.2) is 42.6 Å². The Morgan fingerprint density at radius 2 is 2.12 bits per heavy atom. The van der Waals surface area contributed by atoms with Crippen LogP contribution in [0.25, 0.3) is 10.9 Å². The molecule has 1 unspecified atom stereocenters. The van der Waals surface area contributed by atoms with E-state index >= 15 is 0 Å². The van der Waals surface area contributed by atoms with Gasteiger partial charge in [-0.25, -0.2) is 13.4 Å². The third kappa shape index (κ3) is 4.73. The lowest BCUT2D eigenvalue weighted by molar-refractivity contribution is -0.121. The summed E-state index contributed by atoms with van der Waals surface area (Å²) in [5.74, 6) is 0.765. The summed E-state index contributed by atoms with van der Waals surface area (Å²) in [6.07, 6.45) is 0.875. The zero-order valence-electron chi connectivity index (χ0n) is 14.4. The van der Waals surface area contributed by atoms with E-state index in [9.17, 15) is 13.2 Å². The Labute approximate surface area is 152 Å². The van der Waals surface area contributed by atoms with Crippen molar-refractivity contribution in [3.63, 3.8) is 0 Å². The largest absolute Gasteiger partial charge is 0.352 e. The van der Waals surface area contributed by atoms with Crippen molar-refractivity contribution in [2.45, 2.75) is 37.8 Å². The smallest absolute Gasteiger partial charge is 0.221 e. The van der Waals surface area contributed by atoms with Crippen molar-refractivity contribution in [1.29, 1.82) is 0 Å². The van der Waals surface area contributed by atoms with Gasteiger partial charge in [0.25, 0.3) is 0 Å². The molecule has 1 saturated heterocycles. The number of aromatic nitrogens is 1. The third-order valence-corrected chi connectivity index (χ3v) is 7.01. The maximum Gasteiger partial charge on any atom is 0.221 e. The summed E-state index contributed by atoms with van der Waals surface area (Å²) in [5, 5.41) is 4.88. The summed E-state index contributed by atoms with van der Waals surface area (Å²) in [4.78, 5) is 16.6. The highest BCUT2D eigenvalue weighted by Gasteiger charge is 2.28. The van der Waals surface area contributed by atoms with E-state index in [4.69, 9.17) is 0 Å². The maximum atomic E-state index is 12.0. The van der Waals surface area contributed by atoms with Gasteiger partial charge in [-0.1, -0.05) is 11.6 Å². The molecule has 1 aromatic heterocycles. The lowest BCUT2D eigenvalue weighted by Gasteiger charge is -2.11. The van der Waals surface area contributed by atoms with Crippen molar-refractivity contribution in [3.8, 4) is 0 Å². The highest BCUT2D eigenvalue weighted by atomic mass is 32.2. The number of benzene rings is 1. The molecule has 2 heterocycles. The summed E-state index contributed by atoms with van der Waals surface area (Å²) in [6.45, 7) is 4.14. The fourth-order valence-electron chi connectivity index (χ4n) is 3.01. The van der Waals surface area contributed by atoms with Gasteiger partial charge in [-0.3, -0.25) is 4.79 Å². The number of thioether (sulfide) groups is 1. The summed E-state index contributed by atoms with van der Waals surface area (Å²) in [6, 6.07) is 8.02. The lowest BCUT2D eigenvalue weighted by Crippen LogP contribution is -2.35. The first-order chi connectivity index (χ1) is 11.8. The average molecular weight is 379 g/mol. The van der Waals surface area contributed by atoms with Gasteiger partial charge < -0.3 is 5.32 Å². The number of amides is 1. The van der Waals surface area contributed by atoms with Crippen LogP contribution in [0.5, 0.6) is 0 Å². The molecule has 1 amide bonds. The molecule has 1 aliphatic heterocycles. The van der Waals surface area contributed by atoms with Crippen molar-refractivity contribution in [2.24, 2.45) is 0 Å². The van der Waals surface area contributed by atoms with Crippen LogP contribution in [0.2, 0.25) is 0 Å². The van der Waals surface area contributed by atoms with Gasteiger partial charge >= 0.3 is 0 Å². The van der Waals surface area contributed by atoms with E-state index in [0.717, 1.165) is 15.9 Å². The molecule has 1 atom stereocenters. The number of nitrogens with zero attached hydrogens (tertiary/aromatic N) is 1. The molecule has 1 N–H and O–H groups in total. The van der Waals surface area contributed by atoms with Gasteiger partial charge in [0.15, 0.2) is 9.84 Å². The summed E-state index contributed by atoms with van der Waals surface area (Å²) in [7, 11) is -2.96. The number of nitrogens with one attached hydrogen (secondary N) is 1. The van der Waals surface area contributed by atoms with Crippen LogP contribution in [0.4, 0.5) is 0 Å². The Morgan fingerprint density at radius 3 is 2.84 bits per heavy atom. The van der Waals surface area contributed by atoms with Gasteiger partial charge in [0.1, 0.15) is 0 Å². The molecule has 1 aliphatic rings. The van der Waals surface area contributed by atoms with Crippen LogP contribution in [-0.2, 0) is 14.6 Å². The number of rotatable bonds is 5. The van der Waals surface area contributed by atoms with Crippen LogP contribution in [0.15, 0.2) is 29.3 Å². The molecule has 5 nitrogen and oxygen atoms in total. The van der Waals surface area contributed by atoms with Crippen LogP contribution in [0.3, 0.4) is 0 Å². The maximum absolute atomic E-state index is 12.0. The van der Waals surface area contributed by atoms with E-state index < -0.39 is 9.84 Å². The predicted octanol–water partition coefficient (Wildman–Crippen LogP) is 2.64. The van der Waals surface area contributed by atoms with Crippen molar-refractivity contribution >= 4 is 38.4 Å². The van der Waals surface area contributed by atoms with Crippen molar-refractivity contribution in [2.75, 3.05) is 17.3 Å². The molecule has 134 valence electrons. The fourth-order valence-corrected chi connectivity index (χ4v) is 5.60. The van der Waals surface area contributed by atoms with Crippen LogP contribution in [0, 0.1) is 13.8 Å². The Balaban J connectivity index is 1.54. The Bertz CT molecular complexity index is 910. The number of hydrogen-bond acceptors (Lipinski definition) is 5. The van der Waals surface area contributed by atoms with E-state index in [2.05, 4.69) is 30.2 Å². The lowest BCUT2D eigenvalue weighted by atomic mass is 10.1. The second kappa shape index (κ2) is 7.33. The SMILES string of the molecule is Cc1ccc2nc(SCCC(=O)NC3CCS(=O)(=O)C3)cc(C)c2c1. The van der Waals surface area contributed by atoms with Crippen molar-refractivity contribution < 1.29 is 13.2 Å². The minimum absolute atomic E-state index is 0.0662. The number of fused-ring (bicyclic) bond motifs is 1. The first-order valence-electron chi connectivity index (χ1n) is 8.33. The Morgan fingerprint density at radius 1 is 1.32 bits per heavy atom. The third-order valence-electron chi connectivity index (χ3n) is 4.32. The van der Waals surface area contributed by atoms with E-state index in [1.807, 2.05) is 18.2 Å². The first kappa shape index (κ1) is 18.2. The number of pyridine rings is 1. The molecule has 25 heavy (non-hydrogen) atoms. The molecule has 0 saturated carbocycles. The summed E-state index contributed by atoms with van der Waals surface area (Å²) >= 11 is 1.55. The monoisotopic (exact) mass is 378 g/mol. The number of carbonyl (C=O) groups is 1. The van der Waals surface area contributed by atoms with E-state index in [1.165, 1.54) is 11.1 Å². The predicted molar refractivity (Wildman–Crippen MR) is 102 cm³/mol. The second-order valence-electron chi connectivity index (χ2n) is 6.56. The molecule has 3 rings (SSSR count). The molecular formula is C18H22N2O3S2. The van der Waals surface area contributed by atoms with E-state index in [0.29, 0.717) is 18.6 Å². The minimum Gasteiger partial charge on any atom is -0.352 e. The quantitative estimate of drug-likeness (QED) is 0.810. The molecule has 0 radical (unpaired) electrons. The van der Waals surface area contributed by atoms with Gasteiger partial charge in [-0.15, -0.1) is 11.8 Å². The first-order valence-corrected chi connectivity index (χ1v) is 11.1. The Hall–Kier alpha value is -1.60. The number of sulfone groups is 1. The fraction of sp³-hybridized carbons (Fsp3) is 0.444. The van der Waals surface area contributed by atoms with Gasteiger partial charge in [0.05, 0.1) is 22.0 Å². The molecule has 0 spiro atoms. The van der Waals surface area contributed by atoms with Crippen molar-refractivity contribution in [3.05, 3.63) is 35.4 Å². The molecule has 1 aromatic carbocycles. The van der Waals surface area contributed by atoms with Crippen molar-refractivity contribution in [1.82, 2.24) is 10.3 Å². The average Bonchev–Trinajstić information content (AvgIpc) is 2.87. The summed E-state index contributed by atoms with van der Waals surface area (Å²) < 4.78 is 22.8. The standard InChI is InChI=1S/C18H22N2O3S2/c1-12-3-4-16-15(9-12)13(2)10-18(20-16)24-7-5-17(21)19-14-6-8-25(22,23)11-14/h3-4,9-10,14H,5-8,11H2,1-2H3,(H,19,21). The number of hydrogen-bond donors (Lipinski definition) is 1. The van der Waals surface area contributed by atoms with Gasteiger partial charge in [-0.05, 0) is 44.0 Å². The van der Waals surface area contributed by atoms with Crippen LogP contribution >= 0.6 is 11.8 Å². The molecule has 0 bridgehead atoms. The molecule has 7 heteroatoms. The Kier molecular flexibility index (Phi) is 5.34. The van der Waals surface area contributed by atoms with Gasteiger partial charge in [0.2, 0.25) is 5.91 Å². The normalized spacial score (nSPS) is 19.2. The molecule has 2 aromatic rings. The molecule has 1 fully saturated rings. The van der Waals surface area contributed by atoms with Crippen LogP contribution in [0.1, 0.15) is 24.0 Å². The van der Waals surface area contributed by atoms with Gasteiger partial charge in [-0.2, -0.15) is 0 Å². The number of carbonyl (C=O) groups excluding carboxylic acids is 1. The van der Waals surface area contributed by atoms with Gasteiger partial charge in [0, 0.05) is 23.6 Å². The number of aryl methyl sites for hydroxylation is 2. The van der Waals surface area contributed by atoms with E-state index in [1.54, 1.807) is 11.8 Å². The minimum atomic E-state index is -2.96. The highest BCUT2D eigenvalue weighted by molar-refractivity contribution is 7.99. The van der Waals surface area contributed by atoms with Crippen LogP contribution < -0.4 is 5.32 Å². The molecule has 0 aliphatic carbocycles. The zero-order valence-corrected chi connectivity index (χ0v) is 16.0. The zero-order chi connectivity index (χ0) is 18.0. The topological polar surface area (TPSA) is 76.1 Å². The highest BCUT2D eigenvalue weighted by Crippen LogP contribution is 2.25. The second-order valence-corrected chi connectivity index (χ2v) is 9.91. The summed E-state index contributed by atoms with van der Waals surface area (Å²) in [5.41, 5.74) is 3.36. The molecular weight excluding hydrogens is 356 g/mol.